The SMILES string of the molecule is CC(=O)O[C@@]12CO[C@@H]1C[C@H](O)CCC(O)/C(C(C)C)=C(\C)[C@@H](OC=O)C[C@@](C)(O)C(C)C2C. The van der Waals surface area contributed by atoms with Crippen LogP contribution in [-0.2, 0) is 23.8 Å². The van der Waals surface area contributed by atoms with Crippen LogP contribution in [0.2, 0.25) is 0 Å². The number of hydrogen-bond acceptors (Lipinski definition) is 8. The summed E-state index contributed by atoms with van der Waals surface area (Å²) >= 11 is 0. The molecule has 1 fully saturated rings. The molecule has 1 aliphatic heterocycles. The Balaban J connectivity index is 2.55. The molecule has 0 bridgehead atoms. The molecule has 33 heavy (non-hydrogen) atoms. The van der Waals surface area contributed by atoms with Crippen molar-refractivity contribution in [3.8, 4) is 0 Å². The van der Waals surface area contributed by atoms with Crippen molar-refractivity contribution in [2.24, 2.45) is 17.8 Å². The van der Waals surface area contributed by atoms with Crippen LogP contribution in [0.25, 0.3) is 0 Å². The minimum Gasteiger partial charge on any atom is -0.460 e. The van der Waals surface area contributed by atoms with Gasteiger partial charge in [0, 0.05) is 25.7 Å². The van der Waals surface area contributed by atoms with Crippen LogP contribution in [0.15, 0.2) is 11.1 Å². The summed E-state index contributed by atoms with van der Waals surface area (Å²) in [4.78, 5) is 23.3. The highest BCUT2D eigenvalue weighted by molar-refractivity contribution is 5.67. The largest absolute Gasteiger partial charge is 0.460 e. The number of esters is 1. The Labute approximate surface area is 197 Å². The lowest BCUT2D eigenvalue weighted by Gasteiger charge is -2.55. The lowest BCUT2D eigenvalue weighted by atomic mass is 9.66. The molecule has 0 aromatic heterocycles. The van der Waals surface area contributed by atoms with Gasteiger partial charge in [-0.3, -0.25) is 9.59 Å². The Kier molecular flexibility index (Phi) is 9.12. The number of carbonyl (C=O) groups excluding carboxylic acids is 2. The van der Waals surface area contributed by atoms with Gasteiger partial charge in [0.2, 0.25) is 0 Å². The Hall–Kier alpha value is -1.48. The smallest absolute Gasteiger partial charge is 0.303 e. The summed E-state index contributed by atoms with van der Waals surface area (Å²) in [5, 5.41) is 33.2. The third-order valence-electron chi connectivity index (χ3n) is 7.89. The minimum atomic E-state index is -1.29. The second-order valence-corrected chi connectivity index (χ2v) is 10.5. The van der Waals surface area contributed by atoms with Crippen LogP contribution in [0.4, 0.5) is 0 Å². The summed E-state index contributed by atoms with van der Waals surface area (Å²) in [5.74, 6) is -1.14. The lowest BCUT2D eigenvalue weighted by Crippen LogP contribution is -2.67. The van der Waals surface area contributed by atoms with Crippen molar-refractivity contribution >= 4 is 12.4 Å². The van der Waals surface area contributed by atoms with E-state index < -0.39 is 41.6 Å². The fourth-order valence-corrected chi connectivity index (χ4v) is 5.57. The average Bonchev–Trinajstić information content (AvgIpc) is 2.71. The molecular weight excluding hydrogens is 428 g/mol. The van der Waals surface area contributed by atoms with Gasteiger partial charge in [-0.25, -0.2) is 0 Å². The van der Waals surface area contributed by atoms with Crippen molar-refractivity contribution in [2.75, 3.05) is 6.61 Å². The zero-order chi connectivity index (χ0) is 25.1. The molecule has 0 radical (unpaired) electrons. The third kappa shape index (κ3) is 5.96. The van der Waals surface area contributed by atoms with Crippen LogP contribution in [-0.4, -0.2) is 70.0 Å². The summed E-state index contributed by atoms with van der Waals surface area (Å²) in [5.41, 5.74) is -0.821. The van der Waals surface area contributed by atoms with Crippen LogP contribution in [0.1, 0.15) is 74.1 Å². The van der Waals surface area contributed by atoms with Gasteiger partial charge in [0.25, 0.3) is 6.47 Å². The first-order chi connectivity index (χ1) is 15.3. The molecule has 2 rings (SSSR count). The van der Waals surface area contributed by atoms with E-state index in [0.29, 0.717) is 24.9 Å². The fourth-order valence-electron chi connectivity index (χ4n) is 5.57. The summed E-state index contributed by atoms with van der Waals surface area (Å²) in [6.07, 6.45) is -1.81. The van der Waals surface area contributed by atoms with Gasteiger partial charge in [0.1, 0.15) is 12.2 Å². The molecule has 0 saturated carbocycles. The minimum absolute atomic E-state index is 0.0179. The number of hydrogen-bond donors (Lipinski definition) is 3. The molecule has 0 aromatic rings. The second kappa shape index (κ2) is 10.8. The Morgan fingerprint density at radius 1 is 1.21 bits per heavy atom. The van der Waals surface area contributed by atoms with Gasteiger partial charge in [-0.05, 0) is 49.7 Å². The molecule has 1 heterocycles. The fraction of sp³-hybridized carbons (Fsp3) is 0.840. The van der Waals surface area contributed by atoms with Crippen LogP contribution in [0, 0.1) is 17.8 Å². The molecule has 1 saturated heterocycles. The quantitative estimate of drug-likeness (QED) is 0.325. The number of aliphatic hydroxyl groups excluding tert-OH is 2. The van der Waals surface area contributed by atoms with Gasteiger partial charge < -0.3 is 29.5 Å². The average molecular weight is 471 g/mol. The van der Waals surface area contributed by atoms with Crippen molar-refractivity contribution in [2.45, 2.75) is 110 Å². The highest BCUT2D eigenvalue weighted by Gasteiger charge is 2.59. The highest BCUT2D eigenvalue weighted by Crippen LogP contribution is 2.46. The van der Waals surface area contributed by atoms with Gasteiger partial charge in [-0.1, -0.05) is 27.7 Å². The number of aliphatic hydroxyl groups is 3. The standard InChI is InChI=1S/C25H42O8/c1-14(2)23-15(3)21(32-13-26)11-24(7,30)16(4)17(5)25(33-18(6)27)12-31-22(25)10-19(28)8-9-20(23)29/h13-14,16-17,19-22,28-30H,8-12H2,1-7H3/b23-15+/t16?,17?,19-,20?,21+,22-,24-,25-/m1/s1. The molecule has 1 aliphatic carbocycles. The number of ether oxygens (including phenoxy) is 3. The molecule has 3 N–H and O–H groups in total. The van der Waals surface area contributed by atoms with Gasteiger partial charge in [0.05, 0.1) is 24.4 Å². The van der Waals surface area contributed by atoms with E-state index in [4.69, 9.17) is 14.2 Å². The Bertz CT molecular complexity index is 730. The van der Waals surface area contributed by atoms with Crippen molar-refractivity contribution in [3.63, 3.8) is 0 Å². The first-order valence-electron chi connectivity index (χ1n) is 12.0. The molecule has 8 atom stereocenters. The number of fused-ring (bicyclic) bond motifs is 1. The van der Waals surface area contributed by atoms with E-state index in [1.807, 2.05) is 34.6 Å². The maximum atomic E-state index is 12.0. The van der Waals surface area contributed by atoms with Crippen LogP contribution in [0.3, 0.4) is 0 Å². The Morgan fingerprint density at radius 2 is 1.85 bits per heavy atom. The molecule has 0 aromatic carbocycles. The summed E-state index contributed by atoms with van der Waals surface area (Å²) in [6.45, 7) is 13.1. The van der Waals surface area contributed by atoms with Crippen LogP contribution in [0.5, 0.6) is 0 Å². The maximum absolute atomic E-state index is 12.0. The first kappa shape index (κ1) is 27.8. The van der Waals surface area contributed by atoms with Gasteiger partial charge >= 0.3 is 5.97 Å². The van der Waals surface area contributed by atoms with Crippen LogP contribution < -0.4 is 0 Å². The predicted octanol–water partition coefficient (Wildman–Crippen LogP) is 2.52. The zero-order valence-corrected chi connectivity index (χ0v) is 21.0. The highest BCUT2D eigenvalue weighted by atomic mass is 16.6. The van der Waals surface area contributed by atoms with E-state index in [0.717, 1.165) is 5.57 Å². The molecular formula is C25H42O8. The van der Waals surface area contributed by atoms with Crippen LogP contribution >= 0.6 is 0 Å². The Morgan fingerprint density at radius 3 is 2.33 bits per heavy atom. The van der Waals surface area contributed by atoms with Crippen molar-refractivity contribution in [1.82, 2.24) is 0 Å². The van der Waals surface area contributed by atoms with E-state index in [1.54, 1.807) is 6.92 Å². The van der Waals surface area contributed by atoms with Gasteiger partial charge in [-0.15, -0.1) is 0 Å². The van der Waals surface area contributed by atoms with E-state index in [-0.39, 0.29) is 37.2 Å². The lowest BCUT2D eigenvalue weighted by molar-refractivity contribution is -0.288. The number of carbonyl (C=O) groups is 2. The molecule has 0 spiro atoms. The normalized spacial score (nSPS) is 43.1. The first-order valence-corrected chi connectivity index (χ1v) is 12.0. The summed E-state index contributed by atoms with van der Waals surface area (Å²) < 4.78 is 17.0. The predicted molar refractivity (Wildman–Crippen MR) is 122 cm³/mol. The third-order valence-corrected chi connectivity index (χ3v) is 7.89. The molecule has 8 heteroatoms. The van der Waals surface area contributed by atoms with Gasteiger partial charge in [0.15, 0.2) is 5.60 Å². The van der Waals surface area contributed by atoms with Crippen molar-refractivity contribution in [3.05, 3.63) is 11.1 Å². The second-order valence-electron chi connectivity index (χ2n) is 10.5. The topological polar surface area (TPSA) is 123 Å². The molecule has 2 aliphatic rings. The monoisotopic (exact) mass is 470 g/mol. The molecule has 8 nitrogen and oxygen atoms in total. The number of rotatable bonds is 4. The van der Waals surface area contributed by atoms with Crippen molar-refractivity contribution in [1.29, 1.82) is 0 Å². The summed E-state index contributed by atoms with van der Waals surface area (Å²) in [6, 6.07) is 0. The van der Waals surface area contributed by atoms with Gasteiger partial charge in [-0.2, -0.15) is 0 Å². The molecule has 190 valence electrons. The summed E-state index contributed by atoms with van der Waals surface area (Å²) in [7, 11) is 0. The van der Waals surface area contributed by atoms with Crippen molar-refractivity contribution < 1.29 is 39.1 Å². The molecule has 3 unspecified atom stereocenters. The van der Waals surface area contributed by atoms with E-state index in [1.165, 1.54) is 6.92 Å². The maximum Gasteiger partial charge on any atom is 0.303 e. The van der Waals surface area contributed by atoms with E-state index in [9.17, 15) is 24.9 Å². The van der Waals surface area contributed by atoms with E-state index >= 15 is 0 Å². The molecule has 0 amide bonds. The zero-order valence-electron chi connectivity index (χ0n) is 21.0. The van der Waals surface area contributed by atoms with E-state index in [2.05, 4.69) is 0 Å².